The number of piperazine rings is 1. The van der Waals surface area contributed by atoms with Crippen LogP contribution in [0.4, 0.5) is 10.5 Å². The van der Waals surface area contributed by atoms with Crippen LogP contribution in [-0.4, -0.2) is 73.6 Å². The molecule has 3 rings (SSSR count). The maximum Gasteiger partial charge on any atom is 0.409 e. The van der Waals surface area contributed by atoms with E-state index in [1.807, 2.05) is 4.90 Å². The van der Waals surface area contributed by atoms with E-state index in [1.165, 1.54) is 12.0 Å². The number of hydrogen-bond donors (Lipinski definition) is 0. The lowest BCUT2D eigenvalue weighted by Gasteiger charge is -2.36. The van der Waals surface area contributed by atoms with Gasteiger partial charge in [-0.05, 0) is 19.1 Å². The molecule has 8 nitrogen and oxygen atoms in total. The minimum absolute atomic E-state index is 0.135. The molecule has 140 valence electrons. The first-order valence-electron chi connectivity index (χ1n) is 8.72. The van der Waals surface area contributed by atoms with Gasteiger partial charge in [-0.1, -0.05) is 12.1 Å². The van der Waals surface area contributed by atoms with Gasteiger partial charge in [-0.3, -0.25) is 14.5 Å². The molecule has 0 aromatic heterocycles. The Bertz CT molecular complexity index is 700. The third kappa shape index (κ3) is 3.37. The van der Waals surface area contributed by atoms with Crippen molar-refractivity contribution in [2.24, 2.45) is 0 Å². The lowest BCUT2D eigenvalue weighted by atomic mass is 10.2. The van der Waals surface area contributed by atoms with Crippen molar-refractivity contribution in [1.82, 2.24) is 9.80 Å². The fourth-order valence-electron chi connectivity index (χ4n) is 3.40. The maximum absolute atomic E-state index is 12.9. The summed E-state index contributed by atoms with van der Waals surface area (Å²) in [7, 11) is 1.51. The number of carbonyl (C=O) groups excluding carboxylic acids is 3. The van der Waals surface area contributed by atoms with Crippen LogP contribution in [0.25, 0.3) is 0 Å². The second kappa shape index (κ2) is 7.74. The second-order valence-electron chi connectivity index (χ2n) is 6.18. The summed E-state index contributed by atoms with van der Waals surface area (Å²) in [5.41, 5.74) is 0.470. The molecular formula is C18H23N3O5. The van der Waals surface area contributed by atoms with Crippen molar-refractivity contribution in [1.29, 1.82) is 0 Å². The van der Waals surface area contributed by atoms with Gasteiger partial charge in [-0.2, -0.15) is 0 Å². The molecule has 3 amide bonds. The van der Waals surface area contributed by atoms with E-state index in [9.17, 15) is 14.4 Å². The number of imide groups is 1. The van der Waals surface area contributed by atoms with Crippen molar-refractivity contribution < 1.29 is 23.9 Å². The van der Waals surface area contributed by atoms with Crippen molar-refractivity contribution in [3.63, 3.8) is 0 Å². The first-order chi connectivity index (χ1) is 12.6. The van der Waals surface area contributed by atoms with E-state index in [-0.39, 0.29) is 24.3 Å². The molecule has 1 aromatic carbocycles. The third-order valence-electron chi connectivity index (χ3n) is 4.73. The summed E-state index contributed by atoms with van der Waals surface area (Å²) in [4.78, 5) is 42.0. The summed E-state index contributed by atoms with van der Waals surface area (Å²) in [5, 5.41) is 0. The van der Waals surface area contributed by atoms with Crippen molar-refractivity contribution >= 4 is 23.6 Å². The number of rotatable bonds is 4. The molecule has 0 aliphatic carbocycles. The highest BCUT2D eigenvalue weighted by Crippen LogP contribution is 2.33. The zero-order valence-electron chi connectivity index (χ0n) is 15.0. The molecule has 0 N–H and O–H groups in total. The highest BCUT2D eigenvalue weighted by molar-refractivity contribution is 6.23. The van der Waals surface area contributed by atoms with Crippen LogP contribution < -0.4 is 9.64 Å². The fraction of sp³-hybridized carbons (Fsp3) is 0.500. The molecule has 0 unspecified atom stereocenters. The Kier molecular flexibility index (Phi) is 5.41. The van der Waals surface area contributed by atoms with Gasteiger partial charge < -0.3 is 14.4 Å². The van der Waals surface area contributed by atoms with Crippen LogP contribution >= 0.6 is 0 Å². The number of para-hydroxylation sites is 2. The summed E-state index contributed by atoms with van der Waals surface area (Å²) < 4.78 is 10.3. The zero-order chi connectivity index (χ0) is 18.7. The Balaban J connectivity index is 1.69. The third-order valence-corrected chi connectivity index (χ3v) is 4.73. The molecule has 2 heterocycles. The topological polar surface area (TPSA) is 79.4 Å². The van der Waals surface area contributed by atoms with Crippen LogP contribution in [-0.2, 0) is 14.3 Å². The Hall–Kier alpha value is -2.61. The minimum Gasteiger partial charge on any atom is -0.495 e. The molecule has 0 spiro atoms. The number of methoxy groups -OCH3 is 1. The van der Waals surface area contributed by atoms with Crippen LogP contribution in [0.2, 0.25) is 0 Å². The van der Waals surface area contributed by atoms with Gasteiger partial charge in [-0.25, -0.2) is 9.69 Å². The fourth-order valence-corrected chi connectivity index (χ4v) is 3.40. The van der Waals surface area contributed by atoms with E-state index >= 15 is 0 Å². The highest BCUT2D eigenvalue weighted by Gasteiger charge is 2.44. The number of amides is 3. The number of benzene rings is 1. The first-order valence-corrected chi connectivity index (χ1v) is 8.72. The summed E-state index contributed by atoms with van der Waals surface area (Å²) >= 11 is 0. The van der Waals surface area contributed by atoms with E-state index in [2.05, 4.69) is 0 Å². The molecular weight excluding hydrogens is 338 g/mol. The van der Waals surface area contributed by atoms with Gasteiger partial charge in [0.1, 0.15) is 5.75 Å². The van der Waals surface area contributed by atoms with Crippen molar-refractivity contribution in [2.45, 2.75) is 19.4 Å². The highest BCUT2D eigenvalue weighted by atomic mass is 16.6. The molecule has 1 atom stereocenters. The van der Waals surface area contributed by atoms with Gasteiger partial charge in [0.2, 0.25) is 5.91 Å². The zero-order valence-corrected chi connectivity index (χ0v) is 15.0. The average molecular weight is 361 g/mol. The number of hydrogen-bond acceptors (Lipinski definition) is 6. The number of ether oxygens (including phenoxy) is 2. The Morgan fingerprint density at radius 1 is 1.15 bits per heavy atom. The smallest absolute Gasteiger partial charge is 0.409 e. The lowest BCUT2D eigenvalue weighted by molar-refractivity contribution is -0.123. The SMILES string of the molecule is CCOC(=O)N1CCN([C@H]2CC(=O)N(c3ccccc3OC)C2=O)CC1. The van der Waals surface area contributed by atoms with Crippen LogP contribution in [0.5, 0.6) is 5.75 Å². The van der Waals surface area contributed by atoms with Crippen molar-refractivity contribution in [2.75, 3.05) is 44.8 Å². The summed E-state index contributed by atoms with van der Waals surface area (Å²) in [6, 6.07) is 6.48. The van der Waals surface area contributed by atoms with E-state index in [0.29, 0.717) is 44.2 Å². The Morgan fingerprint density at radius 2 is 1.85 bits per heavy atom. The Labute approximate surface area is 152 Å². The summed E-state index contributed by atoms with van der Waals surface area (Å²) in [6.07, 6.45) is -0.201. The molecule has 26 heavy (non-hydrogen) atoms. The van der Waals surface area contributed by atoms with Crippen LogP contribution in [0, 0.1) is 0 Å². The molecule has 0 bridgehead atoms. The molecule has 8 heteroatoms. The number of carbonyl (C=O) groups is 3. The normalized spacial score (nSPS) is 21.2. The largest absolute Gasteiger partial charge is 0.495 e. The van der Waals surface area contributed by atoms with Crippen molar-refractivity contribution in [3.05, 3.63) is 24.3 Å². The standard InChI is InChI=1S/C18H23N3O5/c1-3-26-18(24)20-10-8-19(9-11-20)14-12-16(22)21(17(14)23)13-6-4-5-7-15(13)25-2/h4-7,14H,3,8-12H2,1-2H3/t14-/m0/s1. The van der Waals surface area contributed by atoms with Crippen molar-refractivity contribution in [3.8, 4) is 5.75 Å². The molecule has 0 radical (unpaired) electrons. The lowest BCUT2D eigenvalue weighted by Crippen LogP contribution is -2.54. The molecule has 2 saturated heterocycles. The van der Waals surface area contributed by atoms with E-state index in [4.69, 9.17) is 9.47 Å². The van der Waals surface area contributed by atoms with E-state index < -0.39 is 6.04 Å². The van der Waals surface area contributed by atoms with Gasteiger partial charge in [-0.15, -0.1) is 0 Å². The van der Waals surface area contributed by atoms with Gasteiger partial charge in [0, 0.05) is 26.2 Å². The molecule has 2 aliphatic rings. The van der Waals surface area contributed by atoms with Gasteiger partial charge >= 0.3 is 6.09 Å². The first kappa shape index (κ1) is 18.2. The predicted octanol–water partition coefficient (Wildman–Crippen LogP) is 1.10. The predicted molar refractivity (Wildman–Crippen MR) is 94.1 cm³/mol. The summed E-state index contributed by atoms with van der Waals surface area (Å²) in [6.45, 7) is 4.12. The second-order valence-corrected chi connectivity index (χ2v) is 6.18. The quantitative estimate of drug-likeness (QED) is 0.748. The maximum atomic E-state index is 12.9. The number of nitrogens with zero attached hydrogens (tertiary/aromatic N) is 3. The Morgan fingerprint density at radius 3 is 2.50 bits per heavy atom. The monoisotopic (exact) mass is 361 g/mol. The van der Waals surface area contributed by atoms with Gasteiger partial charge in [0.25, 0.3) is 5.91 Å². The summed E-state index contributed by atoms with van der Waals surface area (Å²) in [5.74, 6) is 0.00314. The van der Waals surface area contributed by atoms with E-state index in [0.717, 1.165) is 0 Å². The molecule has 0 saturated carbocycles. The minimum atomic E-state index is -0.503. The van der Waals surface area contributed by atoms with Gasteiger partial charge in [0.15, 0.2) is 0 Å². The number of anilines is 1. The van der Waals surface area contributed by atoms with Crippen LogP contribution in [0.15, 0.2) is 24.3 Å². The van der Waals surface area contributed by atoms with Crippen LogP contribution in [0.3, 0.4) is 0 Å². The van der Waals surface area contributed by atoms with E-state index in [1.54, 1.807) is 36.1 Å². The van der Waals surface area contributed by atoms with Crippen LogP contribution in [0.1, 0.15) is 13.3 Å². The van der Waals surface area contributed by atoms with Gasteiger partial charge in [0.05, 0.1) is 31.9 Å². The molecule has 1 aromatic rings. The molecule has 2 fully saturated rings. The molecule has 2 aliphatic heterocycles. The average Bonchev–Trinajstić information content (AvgIpc) is 2.96.